The van der Waals surface area contributed by atoms with Gasteiger partial charge in [-0.2, -0.15) is 4.31 Å². The van der Waals surface area contributed by atoms with Crippen LogP contribution in [0, 0.1) is 0 Å². The van der Waals surface area contributed by atoms with E-state index in [0.717, 1.165) is 24.1 Å². The van der Waals surface area contributed by atoms with Gasteiger partial charge in [-0.15, -0.1) is 0 Å². The molecule has 1 N–H and O–H groups in total. The lowest BCUT2D eigenvalue weighted by Gasteiger charge is -2.26. The monoisotopic (exact) mass is 606 g/mol. The van der Waals surface area contributed by atoms with Crippen molar-refractivity contribution in [2.45, 2.75) is 56.5 Å². The van der Waals surface area contributed by atoms with Crippen molar-refractivity contribution in [1.29, 1.82) is 0 Å². The number of morpholine rings is 1. The van der Waals surface area contributed by atoms with Crippen LogP contribution in [-0.4, -0.2) is 75.6 Å². The number of sulfonamides is 1. The molecule has 0 unspecified atom stereocenters. The largest absolute Gasteiger partial charge is 0.480 e. The molecule has 1 aliphatic heterocycles. The van der Waals surface area contributed by atoms with Crippen LogP contribution < -0.4 is 15.6 Å². The van der Waals surface area contributed by atoms with Crippen molar-refractivity contribution in [2.75, 3.05) is 38.7 Å². The molecule has 0 bridgehead atoms. The fourth-order valence-electron chi connectivity index (χ4n) is 5.14. The van der Waals surface area contributed by atoms with Gasteiger partial charge in [0.1, 0.15) is 17.4 Å². The van der Waals surface area contributed by atoms with Crippen LogP contribution in [0.4, 0.5) is 5.82 Å². The number of methoxy groups -OCH3 is 1. The highest BCUT2D eigenvalue weighted by atomic mass is 32.2. The molecule has 3 aromatic heterocycles. The molecule has 6 rings (SSSR count). The Balaban J connectivity index is 1.31. The van der Waals surface area contributed by atoms with Crippen molar-refractivity contribution in [3.8, 4) is 17.3 Å². The Kier molecular flexibility index (Phi) is 8.07. The lowest BCUT2D eigenvalue weighted by atomic mass is 10.1. The van der Waals surface area contributed by atoms with E-state index in [2.05, 4.69) is 25.3 Å². The second-order valence-electron chi connectivity index (χ2n) is 10.7. The lowest BCUT2D eigenvalue weighted by Crippen LogP contribution is -2.40. The molecule has 1 atom stereocenters. The van der Waals surface area contributed by atoms with Crippen molar-refractivity contribution in [3.05, 3.63) is 58.4 Å². The number of hydrogen-bond donors (Lipinski definition) is 1. The molecule has 0 spiro atoms. The van der Waals surface area contributed by atoms with Crippen LogP contribution in [0.1, 0.15) is 56.3 Å². The molecule has 1 saturated carbocycles. The number of nitrogens with zero attached hydrogens (tertiary/aromatic N) is 7. The van der Waals surface area contributed by atoms with Gasteiger partial charge >= 0.3 is 0 Å². The van der Waals surface area contributed by atoms with E-state index in [1.54, 1.807) is 42.1 Å². The maximum Gasteiger partial charge on any atom is 0.295 e. The molecule has 1 aromatic carbocycles. The Bertz CT molecular complexity index is 1800. The van der Waals surface area contributed by atoms with E-state index in [1.165, 1.54) is 10.6 Å². The van der Waals surface area contributed by atoms with Crippen LogP contribution in [0.15, 0.2) is 46.5 Å². The molecule has 1 saturated heterocycles. The third kappa shape index (κ3) is 5.69. The van der Waals surface area contributed by atoms with E-state index in [-0.39, 0.29) is 28.9 Å². The standard InChI is InChI=1S/C29H34N8O5S/c1-4-18(2)37-27-22(16-31-25(35-27)23-24(20-7-8-20)32-17-33-28(23)41-3)34-26(29(37)38)30-15-19-5-9-21(10-6-19)43(39,40)36-11-13-42-14-12-36/h5-6,9-10,16-18,20H,4,7-8,11-15H2,1-3H3,(H,30,34)/t18-/m1/s1. The Hall–Kier alpha value is -4.01. The third-order valence-corrected chi connectivity index (χ3v) is 9.79. The first-order valence-electron chi connectivity index (χ1n) is 14.4. The molecule has 1 aliphatic carbocycles. The summed E-state index contributed by atoms with van der Waals surface area (Å²) in [6.45, 7) is 5.68. The molecular formula is C29H34N8O5S. The van der Waals surface area contributed by atoms with Crippen LogP contribution in [-0.2, 0) is 21.3 Å². The van der Waals surface area contributed by atoms with Gasteiger partial charge < -0.3 is 14.8 Å². The molecule has 4 aromatic rings. The third-order valence-electron chi connectivity index (χ3n) is 7.88. The number of fused-ring (bicyclic) bond motifs is 1. The maximum absolute atomic E-state index is 13.8. The average molecular weight is 607 g/mol. The molecule has 43 heavy (non-hydrogen) atoms. The van der Waals surface area contributed by atoms with Gasteiger partial charge in [-0.1, -0.05) is 19.1 Å². The summed E-state index contributed by atoms with van der Waals surface area (Å²) in [6.07, 6.45) is 5.85. The minimum atomic E-state index is -3.59. The van der Waals surface area contributed by atoms with E-state index in [4.69, 9.17) is 14.5 Å². The number of ether oxygens (including phenoxy) is 2. The van der Waals surface area contributed by atoms with Gasteiger partial charge in [0, 0.05) is 31.6 Å². The summed E-state index contributed by atoms with van der Waals surface area (Å²) in [7, 11) is -2.04. The Morgan fingerprint density at radius 1 is 1.09 bits per heavy atom. The van der Waals surface area contributed by atoms with Crippen LogP contribution in [0.5, 0.6) is 5.88 Å². The Morgan fingerprint density at radius 3 is 2.51 bits per heavy atom. The highest BCUT2D eigenvalue weighted by Gasteiger charge is 2.32. The minimum Gasteiger partial charge on any atom is -0.480 e. The number of aromatic nitrogens is 6. The molecule has 0 radical (unpaired) electrons. The van der Waals surface area contributed by atoms with Crippen LogP contribution in [0.2, 0.25) is 0 Å². The summed E-state index contributed by atoms with van der Waals surface area (Å²) >= 11 is 0. The quantitative estimate of drug-likeness (QED) is 0.283. The first kappa shape index (κ1) is 29.1. The molecule has 13 nitrogen and oxygen atoms in total. The highest BCUT2D eigenvalue weighted by molar-refractivity contribution is 7.89. The fraction of sp³-hybridized carbons (Fsp3) is 0.448. The lowest BCUT2D eigenvalue weighted by molar-refractivity contribution is 0.0730. The smallest absolute Gasteiger partial charge is 0.295 e. The predicted molar refractivity (Wildman–Crippen MR) is 159 cm³/mol. The van der Waals surface area contributed by atoms with Crippen molar-refractivity contribution in [2.24, 2.45) is 0 Å². The SMILES string of the molecule is CC[C@@H](C)n1c(=O)c(NCc2ccc(S(=O)(=O)N3CCOCC3)cc2)nc2cnc(-c3c(OC)ncnc3C3CC3)nc21. The van der Waals surface area contributed by atoms with Gasteiger partial charge in [0.15, 0.2) is 17.3 Å². The van der Waals surface area contributed by atoms with Gasteiger partial charge in [0.2, 0.25) is 15.9 Å². The first-order valence-corrected chi connectivity index (χ1v) is 15.8. The minimum absolute atomic E-state index is 0.161. The number of nitrogens with one attached hydrogen (secondary N) is 1. The van der Waals surface area contributed by atoms with Crippen molar-refractivity contribution in [1.82, 2.24) is 33.8 Å². The predicted octanol–water partition coefficient (Wildman–Crippen LogP) is 3.13. The summed E-state index contributed by atoms with van der Waals surface area (Å²) in [5.41, 5.74) is 2.85. The molecule has 2 aliphatic rings. The molecule has 0 amide bonds. The van der Waals surface area contributed by atoms with Gasteiger partial charge in [-0.25, -0.2) is 33.3 Å². The summed E-state index contributed by atoms with van der Waals surface area (Å²) < 4.78 is 39.8. The summed E-state index contributed by atoms with van der Waals surface area (Å²) in [5, 5.41) is 3.14. The zero-order valence-corrected chi connectivity index (χ0v) is 25.2. The van der Waals surface area contributed by atoms with Gasteiger partial charge in [0.05, 0.1) is 37.1 Å². The van der Waals surface area contributed by atoms with E-state index in [1.807, 2.05) is 13.8 Å². The van der Waals surface area contributed by atoms with Crippen molar-refractivity contribution in [3.63, 3.8) is 0 Å². The van der Waals surface area contributed by atoms with E-state index < -0.39 is 10.0 Å². The molecule has 4 heterocycles. The Morgan fingerprint density at radius 2 is 1.84 bits per heavy atom. The van der Waals surface area contributed by atoms with Gasteiger partial charge in [-0.3, -0.25) is 9.36 Å². The van der Waals surface area contributed by atoms with Crippen LogP contribution in [0.25, 0.3) is 22.6 Å². The van der Waals surface area contributed by atoms with Gasteiger partial charge in [-0.05, 0) is 43.9 Å². The second kappa shape index (κ2) is 11.9. The fourth-order valence-corrected chi connectivity index (χ4v) is 6.55. The maximum atomic E-state index is 13.8. The van der Waals surface area contributed by atoms with Crippen molar-refractivity contribution < 1.29 is 17.9 Å². The van der Waals surface area contributed by atoms with E-state index >= 15 is 0 Å². The molecule has 14 heteroatoms. The molecule has 2 fully saturated rings. The second-order valence-corrected chi connectivity index (χ2v) is 12.7. The topological polar surface area (TPSA) is 154 Å². The normalized spacial score (nSPS) is 16.7. The molecule has 226 valence electrons. The van der Waals surface area contributed by atoms with Crippen LogP contribution >= 0.6 is 0 Å². The first-order chi connectivity index (χ1) is 20.8. The summed E-state index contributed by atoms with van der Waals surface area (Å²) in [5.74, 6) is 1.25. The number of hydrogen-bond acceptors (Lipinski definition) is 11. The average Bonchev–Trinajstić information content (AvgIpc) is 3.89. The van der Waals surface area contributed by atoms with E-state index in [9.17, 15) is 13.2 Å². The number of benzene rings is 1. The number of rotatable bonds is 10. The van der Waals surface area contributed by atoms with E-state index in [0.29, 0.717) is 67.1 Å². The highest BCUT2D eigenvalue weighted by Crippen LogP contribution is 2.44. The van der Waals surface area contributed by atoms with Crippen molar-refractivity contribution >= 4 is 27.0 Å². The number of anilines is 1. The molecular weight excluding hydrogens is 572 g/mol. The zero-order valence-electron chi connectivity index (χ0n) is 24.4. The summed E-state index contributed by atoms with van der Waals surface area (Å²) in [6, 6.07) is 6.47. The summed E-state index contributed by atoms with van der Waals surface area (Å²) in [4.78, 5) is 36.8. The zero-order chi connectivity index (χ0) is 30.1. The van der Waals surface area contributed by atoms with Gasteiger partial charge in [0.25, 0.3) is 5.56 Å². The van der Waals surface area contributed by atoms with Crippen LogP contribution in [0.3, 0.4) is 0 Å². The Labute approximate surface area is 249 Å².